The minimum atomic E-state index is -0.119. The maximum absolute atomic E-state index is 11.8. The molecule has 1 fully saturated rings. The minimum Gasteiger partial charge on any atom is -0.486 e. The van der Waals surface area contributed by atoms with E-state index in [2.05, 4.69) is 0 Å². The second-order valence-electron chi connectivity index (χ2n) is 4.98. The van der Waals surface area contributed by atoms with Gasteiger partial charge < -0.3 is 20.1 Å². The summed E-state index contributed by atoms with van der Waals surface area (Å²) in [5, 5.41) is 0. The van der Waals surface area contributed by atoms with Gasteiger partial charge in [0.2, 0.25) is 5.91 Å². The molecule has 0 saturated heterocycles. The molecule has 2 N–H and O–H groups in total. The molecule has 3 rings (SSSR count). The molecule has 1 heterocycles. The smallest absolute Gasteiger partial charge is 0.236 e. The molecule has 1 aromatic carbocycles. The zero-order valence-corrected chi connectivity index (χ0v) is 10.7. The summed E-state index contributed by atoms with van der Waals surface area (Å²) in [4.78, 5) is 13.7. The van der Waals surface area contributed by atoms with Crippen molar-refractivity contribution in [2.75, 3.05) is 19.7 Å². The van der Waals surface area contributed by atoms with Crippen molar-refractivity contribution in [3.8, 4) is 11.5 Å². The number of ether oxygens (including phenoxy) is 2. The third-order valence-electron chi connectivity index (χ3n) is 3.45. The number of hydrogen-bond donors (Lipinski definition) is 1. The highest BCUT2D eigenvalue weighted by molar-refractivity contribution is 5.78. The number of benzene rings is 1. The van der Waals surface area contributed by atoms with E-state index in [1.54, 1.807) is 0 Å². The number of hydrogen-bond acceptors (Lipinski definition) is 4. The van der Waals surface area contributed by atoms with E-state index >= 15 is 0 Å². The van der Waals surface area contributed by atoms with Gasteiger partial charge in [0.15, 0.2) is 17.6 Å². The third-order valence-corrected chi connectivity index (χ3v) is 3.45. The molecule has 19 heavy (non-hydrogen) atoms. The zero-order valence-electron chi connectivity index (χ0n) is 10.7. The van der Waals surface area contributed by atoms with Crippen molar-refractivity contribution in [3.63, 3.8) is 0 Å². The van der Waals surface area contributed by atoms with E-state index in [0.717, 1.165) is 24.3 Å². The minimum absolute atomic E-state index is 0.00930. The highest BCUT2D eigenvalue weighted by Gasteiger charge is 2.35. The van der Waals surface area contributed by atoms with Crippen LogP contribution in [-0.2, 0) is 4.79 Å². The van der Waals surface area contributed by atoms with Gasteiger partial charge in [-0.05, 0) is 25.0 Å². The summed E-state index contributed by atoms with van der Waals surface area (Å²) in [5.41, 5.74) is 5.46. The van der Waals surface area contributed by atoms with Gasteiger partial charge in [-0.15, -0.1) is 0 Å². The van der Waals surface area contributed by atoms with Crippen LogP contribution in [0.25, 0.3) is 0 Å². The number of carbonyl (C=O) groups is 1. The van der Waals surface area contributed by atoms with Gasteiger partial charge in [-0.25, -0.2) is 0 Å². The van der Waals surface area contributed by atoms with E-state index in [0.29, 0.717) is 19.2 Å². The average Bonchev–Trinajstić information content (AvgIpc) is 3.28. The third kappa shape index (κ3) is 2.66. The normalized spacial score (nSPS) is 21.0. The van der Waals surface area contributed by atoms with Gasteiger partial charge in [-0.1, -0.05) is 12.1 Å². The van der Waals surface area contributed by atoms with Crippen molar-refractivity contribution < 1.29 is 14.3 Å². The van der Waals surface area contributed by atoms with Gasteiger partial charge in [0.1, 0.15) is 6.61 Å². The summed E-state index contributed by atoms with van der Waals surface area (Å²) in [6, 6.07) is 7.94. The first-order valence-electron chi connectivity index (χ1n) is 6.66. The Hall–Kier alpha value is -1.75. The topological polar surface area (TPSA) is 64.8 Å². The van der Waals surface area contributed by atoms with Crippen molar-refractivity contribution in [1.82, 2.24) is 4.90 Å². The molecular weight excluding hydrogens is 244 g/mol. The SMILES string of the molecule is NCC(=O)N(CC1COc2ccccc2O1)C1CC1. The maximum Gasteiger partial charge on any atom is 0.236 e. The molecule has 5 nitrogen and oxygen atoms in total. The number of carbonyl (C=O) groups excluding carboxylic acids is 1. The van der Waals surface area contributed by atoms with Crippen LogP contribution in [0.3, 0.4) is 0 Å². The largest absolute Gasteiger partial charge is 0.486 e. The fourth-order valence-corrected chi connectivity index (χ4v) is 2.33. The zero-order chi connectivity index (χ0) is 13.2. The molecule has 1 atom stereocenters. The number of para-hydroxylation sites is 2. The summed E-state index contributed by atoms with van der Waals surface area (Å²) in [5.74, 6) is 1.50. The predicted octanol–water partition coefficient (Wildman–Crippen LogP) is 0.776. The fraction of sp³-hybridized carbons (Fsp3) is 0.500. The molecule has 102 valence electrons. The monoisotopic (exact) mass is 262 g/mol. The Morgan fingerprint density at radius 3 is 2.74 bits per heavy atom. The van der Waals surface area contributed by atoms with E-state index in [4.69, 9.17) is 15.2 Å². The Labute approximate surface area is 112 Å². The quantitative estimate of drug-likeness (QED) is 0.870. The first kappa shape index (κ1) is 12.3. The lowest BCUT2D eigenvalue weighted by molar-refractivity contribution is -0.131. The van der Waals surface area contributed by atoms with Gasteiger partial charge >= 0.3 is 0 Å². The van der Waals surface area contributed by atoms with Gasteiger partial charge in [-0.3, -0.25) is 4.79 Å². The highest BCUT2D eigenvalue weighted by Crippen LogP contribution is 2.32. The number of fused-ring (bicyclic) bond motifs is 1. The summed E-state index contributed by atoms with van der Waals surface area (Å²) in [6.07, 6.45) is 2.01. The molecule has 1 aliphatic carbocycles. The Morgan fingerprint density at radius 1 is 1.32 bits per heavy atom. The fourth-order valence-electron chi connectivity index (χ4n) is 2.33. The van der Waals surface area contributed by atoms with Crippen molar-refractivity contribution in [2.24, 2.45) is 5.73 Å². The van der Waals surface area contributed by atoms with Gasteiger partial charge in [0.05, 0.1) is 13.1 Å². The van der Waals surface area contributed by atoms with Crippen LogP contribution in [0.4, 0.5) is 0 Å². The highest BCUT2D eigenvalue weighted by atomic mass is 16.6. The molecule has 1 unspecified atom stereocenters. The first-order chi connectivity index (χ1) is 9.28. The van der Waals surface area contributed by atoms with Gasteiger partial charge in [0, 0.05) is 6.04 Å². The van der Waals surface area contributed by atoms with Crippen molar-refractivity contribution in [2.45, 2.75) is 25.0 Å². The van der Waals surface area contributed by atoms with Gasteiger partial charge in [0.25, 0.3) is 0 Å². The van der Waals surface area contributed by atoms with Crippen LogP contribution in [0.1, 0.15) is 12.8 Å². The van der Waals surface area contributed by atoms with Crippen molar-refractivity contribution in [3.05, 3.63) is 24.3 Å². The molecule has 5 heteroatoms. The average molecular weight is 262 g/mol. The second-order valence-corrected chi connectivity index (χ2v) is 4.98. The lowest BCUT2D eigenvalue weighted by atomic mass is 10.2. The molecule has 1 aliphatic heterocycles. The summed E-state index contributed by atoms with van der Waals surface area (Å²) in [7, 11) is 0. The Bertz CT molecular complexity index is 474. The Morgan fingerprint density at radius 2 is 2.05 bits per heavy atom. The Balaban J connectivity index is 1.66. The summed E-state index contributed by atoms with van der Waals surface area (Å²) >= 11 is 0. The van der Waals surface area contributed by atoms with Crippen LogP contribution in [0.2, 0.25) is 0 Å². The summed E-state index contributed by atoms with van der Waals surface area (Å²) < 4.78 is 11.5. The molecular formula is C14H18N2O3. The van der Waals surface area contributed by atoms with E-state index in [9.17, 15) is 4.79 Å². The number of nitrogens with zero attached hydrogens (tertiary/aromatic N) is 1. The molecule has 1 amide bonds. The molecule has 2 aliphatic rings. The lowest BCUT2D eigenvalue weighted by Gasteiger charge is -2.31. The van der Waals surface area contributed by atoms with Crippen LogP contribution in [0, 0.1) is 0 Å². The maximum atomic E-state index is 11.8. The number of nitrogens with two attached hydrogens (primary N) is 1. The first-order valence-corrected chi connectivity index (χ1v) is 6.66. The standard InChI is InChI=1S/C14H18N2O3/c15-7-14(17)16(10-5-6-10)8-11-9-18-12-3-1-2-4-13(12)19-11/h1-4,10-11H,5-9,15H2. The molecule has 1 saturated carbocycles. The van der Waals surface area contributed by atoms with Crippen molar-refractivity contribution >= 4 is 5.91 Å². The van der Waals surface area contributed by atoms with Crippen LogP contribution >= 0.6 is 0 Å². The molecule has 0 spiro atoms. The predicted molar refractivity (Wildman–Crippen MR) is 70.1 cm³/mol. The Kier molecular flexibility index (Phi) is 3.29. The molecule has 1 aromatic rings. The molecule has 0 radical (unpaired) electrons. The van der Waals surface area contributed by atoms with Crippen LogP contribution in [0.5, 0.6) is 11.5 Å². The van der Waals surface area contributed by atoms with Gasteiger partial charge in [-0.2, -0.15) is 0 Å². The molecule has 0 bridgehead atoms. The van der Waals surface area contributed by atoms with Crippen LogP contribution in [-0.4, -0.2) is 42.6 Å². The molecule has 0 aromatic heterocycles. The van der Waals surface area contributed by atoms with E-state index in [1.165, 1.54) is 0 Å². The van der Waals surface area contributed by atoms with E-state index in [-0.39, 0.29) is 18.6 Å². The van der Waals surface area contributed by atoms with E-state index < -0.39 is 0 Å². The van der Waals surface area contributed by atoms with Crippen molar-refractivity contribution in [1.29, 1.82) is 0 Å². The number of rotatable bonds is 4. The van der Waals surface area contributed by atoms with E-state index in [1.807, 2.05) is 29.2 Å². The lowest BCUT2D eigenvalue weighted by Crippen LogP contribution is -2.46. The van der Waals surface area contributed by atoms with Crippen LogP contribution in [0.15, 0.2) is 24.3 Å². The summed E-state index contributed by atoms with van der Waals surface area (Å²) in [6.45, 7) is 1.08. The van der Waals surface area contributed by atoms with Crippen LogP contribution < -0.4 is 15.2 Å². The number of amides is 1. The second kappa shape index (κ2) is 5.09.